The molecule has 0 atom stereocenters. The van der Waals surface area contributed by atoms with Crippen molar-refractivity contribution in [3.8, 4) is 11.1 Å². The molecule has 4 nitrogen and oxygen atoms in total. The van der Waals surface area contributed by atoms with Crippen LogP contribution in [0, 0.1) is 6.92 Å². The molecule has 0 radical (unpaired) electrons. The Morgan fingerprint density at radius 2 is 1.81 bits per heavy atom. The van der Waals surface area contributed by atoms with Crippen molar-refractivity contribution < 1.29 is 8.42 Å². The van der Waals surface area contributed by atoms with Crippen molar-refractivity contribution in [3.63, 3.8) is 0 Å². The molecule has 0 bridgehead atoms. The molecule has 0 saturated carbocycles. The number of unbranched alkanes of at least 4 members (excludes halogenated alkanes) is 2. The van der Waals surface area contributed by atoms with Gasteiger partial charge in [-0.1, -0.05) is 61.7 Å². The first kappa shape index (κ1) is 18.4. The Labute approximate surface area is 155 Å². The molecular weight excluding hydrogens is 344 g/mol. The number of rotatable bonds is 7. The quantitative estimate of drug-likeness (QED) is 0.600. The maximum atomic E-state index is 12.9. The average molecular weight is 369 g/mol. The van der Waals surface area contributed by atoms with Crippen LogP contribution in [0.1, 0.15) is 37.3 Å². The van der Waals surface area contributed by atoms with E-state index in [0.29, 0.717) is 5.56 Å². The SMILES string of the molecule is CCCCCc1ccc(-c2cc(C)ccc2S(=O)(=O)c2ncc[nH]2)cc1. The number of imidazole rings is 1. The van der Waals surface area contributed by atoms with Crippen LogP contribution < -0.4 is 0 Å². The van der Waals surface area contributed by atoms with E-state index in [-0.39, 0.29) is 10.1 Å². The number of H-pyrrole nitrogens is 1. The Hall–Kier alpha value is -2.40. The van der Waals surface area contributed by atoms with Gasteiger partial charge in [-0.15, -0.1) is 0 Å². The van der Waals surface area contributed by atoms with Gasteiger partial charge in [-0.3, -0.25) is 0 Å². The third kappa shape index (κ3) is 3.88. The van der Waals surface area contributed by atoms with E-state index in [1.807, 2.05) is 31.2 Å². The topological polar surface area (TPSA) is 62.8 Å². The van der Waals surface area contributed by atoms with Gasteiger partial charge in [-0.05, 0) is 37.0 Å². The van der Waals surface area contributed by atoms with Crippen LogP contribution in [0.15, 0.2) is 64.9 Å². The summed E-state index contributed by atoms with van der Waals surface area (Å²) in [5.74, 6) is 0. The lowest BCUT2D eigenvalue weighted by Gasteiger charge is -2.11. The summed E-state index contributed by atoms with van der Waals surface area (Å²) in [6.45, 7) is 4.16. The van der Waals surface area contributed by atoms with E-state index in [1.54, 1.807) is 6.07 Å². The van der Waals surface area contributed by atoms with Gasteiger partial charge in [0.15, 0.2) is 0 Å². The van der Waals surface area contributed by atoms with E-state index in [9.17, 15) is 8.42 Å². The van der Waals surface area contributed by atoms with E-state index >= 15 is 0 Å². The highest BCUT2D eigenvalue weighted by atomic mass is 32.2. The van der Waals surface area contributed by atoms with Crippen LogP contribution in [0.2, 0.25) is 0 Å². The molecule has 3 aromatic rings. The van der Waals surface area contributed by atoms with Crippen LogP contribution in [-0.2, 0) is 16.3 Å². The molecule has 3 rings (SSSR count). The molecule has 0 fully saturated rings. The zero-order valence-electron chi connectivity index (χ0n) is 15.2. The van der Waals surface area contributed by atoms with Crippen LogP contribution in [0.4, 0.5) is 0 Å². The molecule has 0 aliphatic heterocycles. The number of aromatic amines is 1. The molecule has 0 spiro atoms. The van der Waals surface area contributed by atoms with Gasteiger partial charge in [0.25, 0.3) is 0 Å². The minimum absolute atomic E-state index is 0.0289. The lowest BCUT2D eigenvalue weighted by Crippen LogP contribution is -2.06. The highest BCUT2D eigenvalue weighted by Gasteiger charge is 2.24. The summed E-state index contributed by atoms with van der Waals surface area (Å²) in [5, 5.41) is -0.0289. The number of benzene rings is 2. The standard InChI is InChI=1S/C21H24N2O2S/c1-3-4-5-6-17-8-10-18(11-9-17)19-15-16(2)7-12-20(19)26(24,25)21-22-13-14-23-21/h7-15H,3-6H2,1-2H3,(H,22,23). The molecule has 136 valence electrons. The molecule has 0 aliphatic rings. The minimum Gasteiger partial charge on any atom is -0.335 e. The molecular formula is C21H24N2O2S. The Bertz CT molecular complexity index is 960. The zero-order chi connectivity index (χ0) is 18.6. The third-order valence-corrected chi connectivity index (χ3v) is 6.15. The van der Waals surface area contributed by atoms with Crippen molar-refractivity contribution >= 4 is 9.84 Å². The molecule has 1 N–H and O–H groups in total. The van der Waals surface area contributed by atoms with Crippen molar-refractivity contribution in [2.24, 2.45) is 0 Å². The smallest absolute Gasteiger partial charge is 0.240 e. The monoisotopic (exact) mass is 368 g/mol. The minimum atomic E-state index is -3.69. The fourth-order valence-corrected chi connectivity index (χ4v) is 4.38. The largest absolute Gasteiger partial charge is 0.335 e. The van der Waals surface area contributed by atoms with Crippen molar-refractivity contribution in [1.82, 2.24) is 9.97 Å². The predicted molar refractivity (Wildman–Crippen MR) is 104 cm³/mol. The van der Waals surface area contributed by atoms with Gasteiger partial charge in [-0.25, -0.2) is 13.4 Å². The Balaban J connectivity index is 1.99. The van der Waals surface area contributed by atoms with Crippen LogP contribution in [0.5, 0.6) is 0 Å². The molecule has 0 saturated heterocycles. The van der Waals surface area contributed by atoms with Gasteiger partial charge < -0.3 is 4.98 Å². The Morgan fingerprint density at radius 3 is 2.46 bits per heavy atom. The number of sulfone groups is 1. The first-order valence-corrected chi connectivity index (χ1v) is 10.4. The molecule has 0 aliphatic carbocycles. The molecule has 1 heterocycles. The van der Waals surface area contributed by atoms with Crippen LogP contribution in [0.25, 0.3) is 11.1 Å². The first-order valence-electron chi connectivity index (χ1n) is 8.97. The van der Waals surface area contributed by atoms with Crippen molar-refractivity contribution in [2.75, 3.05) is 0 Å². The van der Waals surface area contributed by atoms with E-state index in [2.05, 4.69) is 29.0 Å². The number of nitrogens with one attached hydrogen (secondary N) is 1. The maximum Gasteiger partial charge on any atom is 0.240 e. The normalized spacial score (nSPS) is 11.6. The van der Waals surface area contributed by atoms with Crippen molar-refractivity contribution in [1.29, 1.82) is 0 Å². The van der Waals surface area contributed by atoms with E-state index in [4.69, 9.17) is 0 Å². The fourth-order valence-electron chi connectivity index (χ4n) is 3.04. The van der Waals surface area contributed by atoms with Gasteiger partial charge in [0.05, 0.1) is 4.90 Å². The van der Waals surface area contributed by atoms with Crippen molar-refractivity contribution in [2.45, 2.75) is 49.6 Å². The lowest BCUT2D eigenvalue weighted by molar-refractivity contribution is 0.589. The number of hydrogen-bond donors (Lipinski definition) is 1. The summed E-state index contributed by atoms with van der Waals surface area (Å²) in [6, 6.07) is 13.6. The number of nitrogens with zero attached hydrogens (tertiary/aromatic N) is 1. The molecule has 26 heavy (non-hydrogen) atoms. The van der Waals surface area contributed by atoms with Crippen LogP contribution in [-0.4, -0.2) is 18.4 Å². The molecule has 0 amide bonds. The number of aryl methyl sites for hydroxylation is 2. The van der Waals surface area contributed by atoms with Gasteiger partial charge in [0.2, 0.25) is 15.0 Å². The summed E-state index contributed by atoms with van der Waals surface area (Å²) in [4.78, 5) is 6.92. The third-order valence-electron chi connectivity index (χ3n) is 4.49. The fraction of sp³-hybridized carbons (Fsp3) is 0.286. The summed E-state index contributed by atoms with van der Waals surface area (Å²) in [5.41, 5.74) is 3.91. The summed E-state index contributed by atoms with van der Waals surface area (Å²) >= 11 is 0. The van der Waals surface area contributed by atoms with Gasteiger partial charge in [0, 0.05) is 18.0 Å². The number of hydrogen-bond acceptors (Lipinski definition) is 3. The maximum absolute atomic E-state index is 12.9. The highest BCUT2D eigenvalue weighted by Crippen LogP contribution is 2.31. The second-order valence-electron chi connectivity index (χ2n) is 6.55. The Morgan fingerprint density at radius 1 is 1.04 bits per heavy atom. The molecule has 0 unspecified atom stereocenters. The number of aromatic nitrogens is 2. The lowest BCUT2D eigenvalue weighted by atomic mass is 10.00. The molecule has 5 heteroatoms. The summed E-state index contributed by atoms with van der Waals surface area (Å²) in [7, 11) is -3.69. The Kier molecular flexibility index (Phi) is 5.57. The molecule has 1 aromatic heterocycles. The van der Waals surface area contributed by atoms with Gasteiger partial charge in [0.1, 0.15) is 0 Å². The van der Waals surface area contributed by atoms with E-state index in [0.717, 1.165) is 17.5 Å². The second-order valence-corrected chi connectivity index (χ2v) is 8.38. The summed E-state index contributed by atoms with van der Waals surface area (Å²) in [6.07, 6.45) is 7.64. The second kappa shape index (κ2) is 7.87. The zero-order valence-corrected chi connectivity index (χ0v) is 16.0. The summed E-state index contributed by atoms with van der Waals surface area (Å²) < 4.78 is 25.9. The van der Waals surface area contributed by atoms with E-state index < -0.39 is 9.84 Å². The predicted octanol–water partition coefficient (Wildman–Crippen LogP) is 4.95. The van der Waals surface area contributed by atoms with Crippen LogP contribution >= 0.6 is 0 Å². The van der Waals surface area contributed by atoms with Crippen LogP contribution in [0.3, 0.4) is 0 Å². The van der Waals surface area contributed by atoms with Gasteiger partial charge in [-0.2, -0.15) is 0 Å². The van der Waals surface area contributed by atoms with E-state index in [1.165, 1.54) is 37.2 Å². The average Bonchev–Trinajstić information content (AvgIpc) is 3.18. The van der Waals surface area contributed by atoms with Crippen molar-refractivity contribution in [3.05, 3.63) is 66.0 Å². The first-order chi connectivity index (χ1) is 12.5. The molecule has 2 aromatic carbocycles. The highest BCUT2D eigenvalue weighted by molar-refractivity contribution is 7.91. The van der Waals surface area contributed by atoms with Gasteiger partial charge >= 0.3 is 0 Å².